The second-order valence-corrected chi connectivity index (χ2v) is 7.93. The normalized spacial score (nSPS) is 11.7. The zero-order chi connectivity index (χ0) is 18.4. The van der Waals surface area contributed by atoms with Crippen molar-refractivity contribution < 1.29 is 21.7 Å². The number of hydrogen-bond acceptors (Lipinski definition) is 4. The van der Waals surface area contributed by atoms with Crippen LogP contribution < -0.4 is 0 Å². The van der Waals surface area contributed by atoms with Gasteiger partial charge in [0.05, 0.1) is 5.56 Å². The van der Waals surface area contributed by atoms with E-state index in [4.69, 9.17) is 16.1 Å². The molecule has 3 rings (SSSR count). The highest BCUT2D eigenvalue weighted by atomic mass is 35.5. The first-order valence-electron chi connectivity index (χ1n) is 7.10. The standard InChI is InChI=1S/C17H12ClF2NO3S/c1-9-16(17(21-24-9)10-4-3-5-11(18)6-10)12-7-14(20)15(8-13(12)19)25(2,22)23/h3-8H,1-2H3. The van der Waals surface area contributed by atoms with Crippen molar-refractivity contribution in [2.75, 3.05) is 6.26 Å². The maximum atomic E-state index is 14.6. The van der Waals surface area contributed by atoms with Gasteiger partial charge in [0.25, 0.3) is 0 Å². The van der Waals surface area contributed by atoms with Gasteiger partial charge in [0.15, 0.2) is 9.84 Å². The summed E-state index contributed by atoms with van der Waals surface area (Å²) in [6, 6.07) is 8.16. The highest BCUT2D eigenvalue weighted by molar-refractivity contribution is 7.90. The molecule has 0 bridgehead atoms. The summed E-state index contributed by atoms with van der Waals surface area (Å²) in [7, 11) is -3.89. The molecule has 0 radical (unpaired) electrons. The predicted octanol–water partition coefficient (Wildman–Crippen LogP) is 4.65. The van der Waals surface area contributed by atoms with Crippen LogP contribution in [0.4, 0.5) is 8.78 Å². The summed E-state index contributed by atoms with van der Waals surface area (Å²) in [5.74, 6) is -1.67. The Hall–Kier alpha value is -2.25. The average molecular weight is 384 g/mol. The lowest BCUT2D eigenvalue weighted by molar-refractivity contribution is 0.400. The molecule has 0 saturated carbocycles. The first kappa shape index (κ1) is 17.6. The fourth-order valence-electron chi connectivity index (χ4n) is 2.53. The largest absolute Gasteiger partial charge is 0.360 e. The topological polar surface area (TPSA) is 60.2 Å². The SMILES string of the molecule is Cc1onc(-c2cccc(Cl)c2)c1-c1cc(F)c(S(C)(=O)=O)cc1F. The lowest BCUT2D eigenvalue weighted by Crippen LogP contribution is -2.03. The van der Waals surface area contributed by atoms with Crippen LogP contribution in [0.15, 0.2) is 45.8 Å². The molecular weight excluding hydrogens is 372 g/mol. The van der Waals surface area contributed by atoms with Crippen molar-refractivity contribution in [3.8, 4) is 22.4 Å². The predicted molar refractivity (Wildman–Crippen MR) is 90.1 cm³/mol. The van der Waals surface area contributed by atoms with Crippen molar-refractivity contribution in [1.82, 2.24) is 5.16 Å². The zero-order valence-electron chi connectivity index (χ0n) is 13.2. The Morgan fingerprint density at radius 3 is 2.48 bits per heavy atom. The van der Waals surface area contributed by atoms with Crippen molar-refractivity contribution >= 4 is 21.4 Å². The van der Waals surface area contributed by atoms with Crippen LogP contribution in [0.5, 0.6) is 0 Å². The van der Waals surface area contributed by atoms with Gasteiger partial charge in [-0.2, -0.15) is 0 Å². The van der Waals surface area contributed by atoms with Gasteiger partial charge in [-0.05, 0) is 31.2 Å². The number of nitrogens with zero attached hydrogens (tertiary/aromatic N) is 1. The molecule has 4 nitrogen and oxygen atoms in total. The highest BCUT2D eigenvalue weighted by Gasteiger charge is 2.24. The first-order chi connectivity index (χ1) is 11.7. The van der Waals surface area contributed by atoms with Gasteiger partial charge in [-0.1, -0.05) is 28.9 Å². The van der Waals surface area contributed by atoms with E-state index in [0.29, 0.717) is 16.7 Å². The van der Waals surface area contributed by atoms with Crippen LogP contribution >= 0.6 is 11.6 Å². The molecule has 0 aliphatic heterocycles. The summed E-state index contributed by atoms with van der Waals surface area (Å²) >= 11 is 5.97. The van der Waals surface area contributed by atoms with Gasteiger partial charge in [0.2, 0.25) is 0 Å². The van der Waals surface area contributed by atoms with Crippen LogP contribution in [0.2, 0.25) is 5.02 Å². The summed E-state index contributed by atoms with van der Waals surface area (Å²) in [5.41, 5.74) is 0.939. The van der Waals surface area contributed by atoms with Gasteiger partial charge in [-0.15, -0.1) is 0 Å². The smallest absolute Gasteiger partial charge is 0.178 e. The number of aromatic nitrogens is 1. The van der Waals surface area contributed by atoms with E-state index in [1.165, 1.54) is 0 Å². The van der Waals surface area contributed by atoms with Crippen molar-refractivity contribution in [3.63, 3.8) is 0 Å². The molecular formula is C17H12ClF2NO3S. The number of halogens is 3. The van der Waals surface area contributed by atoms with Crippen LogP contribution in [0.3, 0.4) is 0 Å². The molecule has 0 saturated heterocycles. The van der Waals surface area contributed by atoms with Crippen molar-refractivity contribution in [1.29, 1.82) is 0 Å². The Kier molecular flexibility index (Phi) is 4.38. The van der Waals surface area contributed by atoms with E-state index in [0.717, 1.165) is 12.3 Å². The maximum Gasteiger partial charge on any atom is 0.178 e. The molecule has 0 amide bonds. The first-order valence-corrected chi connectivity index (χ1v) is 9.37. The zero-order valence-corrected chi connectivity index (χ0v) is 14.8. The molecule has 0 unspecified atom stereocenters. The number of benzene rings is 2. The Morgan fingerprint density at radius 1 is 1.12 bits per heavy atom. The number of sulfone groups is 1. The molecule has 2 aromatic carbocycles. The van der Waals surface area contributed by atoms with Gasteiger partial charge >= 0.3 is 0 Å². The third-order valence-electron chi connectivity index (χ3n) is 3.65. The van der Waals surface area contributed by atoms with Gasteiger partial charge in [-0.25, -0.2) is 17.2 Å². The Bertz CT molecular complexity index is 1080. The number of hydrogen-bond donors (Lipinski definition) is 0. The minimum atomic E-state index is -3.89. The van der Waals surface area contributed by atoms with Crippen molar-refractivity contribution in [2.45, 2.75) is 11.8 Å². The fourth-order valence-corrected chi connectivity index (χ4v) is 3.45. The van der Waals surface area contributed by atoms with Crippen LogP contribution in [0, 0.1) is 18.6 Å². The van der Waals surface area contributed by atoms with E-state index in [-0.39, 0.29) is 22.6 Å². The van der Waals surface area contributed by atoms with E-state index in [1.807, 2.05) is 0 Å². The maximum absolute atomic E-state index is 14.6. The molecule has 25 heavy (non-hydrogen) atoms. The van der Waals surface area contributed by atoms with E-state index in [2.05, 4.69) is 5.16 Å². The summed E-state index contributed by atoms with van der Waals surface area (Å²) in [6.45, 7) is 1.55. The number of rotatable bonds is 3. The summed E-state index contributed by atoms with van der Waals surface area (Å²) in [5, 5.41) is 4.35. The minimum absolute atomic E-state index is 0.140. The van der Waals surface area contributed by atoms with E-state index in [9.17, 15) is 17.2 Å². The Balaban J connectivity index is 2.25. The molecule has 0 atom stereocenters. The molecule has 0 N–H and O–H groups in total. The van der Waals surface area contributed by atoms with Gasteiger partial charge in [0.1, 0.15) is 28.0 Å². The molecule has 8 heteroatoms. The van der Waals surface area contributed by atoms with Crippen LogP contribution in [-0.4, -0.2) is 19.8 Å². The monoisotopic (exact) mass is 383 g/mol. The lowest BCUT2D eigenvalue weighted by atomic mass is 9.99. The van der Waals surface area contributed by atoms with Gasteiger partial charge < -0.3 is 4.52 Å². The Labute approximate surface area is 148 Å². The summed E-state index contributed by atoms with van der Waals surface area (Å²) in [6.07, 6.45) is 0.812. The molecule has 0 aliphatic carbocycles. The molecule has 1 aromatic heterocycles. The van der Waals surface area contributed by atoms with E-state index in [1.54, 1.807) is 31.2 Å². The highest BCUT2D eigenvalue weighted by Crippen LogP contribution is 2.37. The second kappa shape index (κ2) is 6.24. The van der Waals surface area contributed by atoms with E-state index >= 15 is 0 Å². The molecule has 0 spiro atoms. The Morgan fingerprint density at radius 2 is 1.84 bits per heavy atom. The quantitative estimate of drug-likeness (QED) is 0.660. The van der Waals surface area contributed by atoms with Crippen LogP contribution in [-0.2, 0) is 9.84 Å². The van der Waals surface area contributed by atoms with Crippen LogP contribution in [0.1, 0.15) is 5.76 Å². The molecule has 3 aromatic rings. The van der Waals surface area contributed by atoms with Crippen LogP contribution in [0.25, 0.3) is 22.4 Å². The summed E-state index contributed by atoms with van der Waals surface area (Å²) in [4.78, 5) is -0.702. The van der Waals surface area contributed by atoms with Gasteiger partial charge in [0, 0.05) is 22.4 Å². The second-order valence-electron chi connectivity index (χ2n) is 5.51. The molecule has 0 fully saturated rings. The molecule has 1 heterocycles. The average Bonchev–Trinajstić information content (AvgIpc) is 2.90. The van der Waals surface area contributed by atoms with E-state index < -0.39 is 26.4 Å². The third kappa shape index (κ3) is 3.29. The van der Waals surface area contributed by atoms with Gasteiger partial charge in [-0.3, -0.25) is 0 Å². The van der Waals surface area contributed by atoms with Crippen molar-refractivity contribution in [2.24, 2.45) is 0 Å². The fraction of sp³-hybridized carbons (Fsp3) is 0.118. The van der Waals surface area contributed by atoms with Crippen molar-refractivity contribution in [3.05, 3.63) is 58.8 Å². The summed E-state index contributed by atoms with van der Waals surface area (Å²) < 4.78 is 57.0. The molecule has 130 valence electrons. The third-order valence-corrected chi connectivity index (χ3v) is 5.00. The minimum Gasteiger partial charge on any atom is -0.360 e. The number of aryl methyl sites for hydroxylation is 1. The lowest BCUT2D eigenvalue weighted by Gasteiger charge is -2.08. The molecule has 0 aliphatic rings.